The fourth-order valence-electron chi connectivity index (χ4n) is 1.61. The first kappa shape index (κ1) is 9.86. The Morgan fingerprint density at radius 1 is 1.64 bits per heavy atom. The van der Waals surface area contributed by atoms with E-state index in [0.29, 0.717) is 5.19 Å². The fourth-order valence-corrected chi connectivity index (χ4v) is 2.17. The van der Waals surface area contributed by atoms with Crippen LogP contribution in [0.15, 0.2) is 0 Å². The Morgan fingerprint density at radius 2 is 2.57 bits per heavy atom. The number of ether oxygens (including phenoxy) is 1. The third-order valence-corrected chi connectivity index (χ3v) is 3.14. The highest BCUT2D eigenvalue weighted by Crippen LogP contribution is 2.16. The van der Waals surface area contributed by atoms with Gasteiger partial charge >= 0.3 is 0 Å². The summed E-state index contributed by atoms with van der Waals surface area (Å²) in [6, 6.07) is 0. The van der Waals surface area contributed by atoms with E-state index in [1.165, 1.54) is 18.0 Å². The first-order valence-electron chi connectivity index (χ1n) is 4.98. The molecular weight excluding hydrogens is 198 g/mol. The van der Waals surface area contributed by atoms with E-state index >= 15 is 0 Å². The fraction of sp³-hybridized carbons (Fsp3) is 0.778. The predicted molar refractivity (Wildman–Crippen MR) is 55.7 cm³/mol. The summed E-state index contributed by atoms with van der Waals surface area (Å²) in [6.07, 6.45) is 2.39. The molecule has 4 nitrogen and oxygen atoms in total. The standard InChI is InChI=1S/C9H15N3OS/c1-7-11-9(14-12-7)13-5-3-8-2-4-10-6-8/h8,10H,2-6H2,1H3. The minimum absolute atomic E-state index is 0.702. The molecule has 2 rings (SSSR count). The zero-order valence-electron chi connectivity index (χ0n) is 8.32. The van der Waals surface area contributed by atoms with Crippen LogP contribution in [0.1, 0.15) is 18.7 Å². The third-order valence-electron chi connectivity index (χ3n) is 2.42. The molecule has 1 aliphatic heterocycles. The van der Waals surface area contributed by atoms with Gasteiger partial charge in [0.1, 0.15) is 5.82 Å². The van der Waals surface area contributed by atoms with Crippen molar-refractivity contribution in [3.05, 3.63) is 5.82 Å². The lowest BCUT2D eigenvalue weighted by atomic mass is 10.1. The maximum absolute atomic E-state index is 5.51. The van der Waals surface area contributed by atoms with E-state index in [0.717, 1.165) is 37.9 Å². The quantitative estimate of drug-likeness (QED) is 0.817. The Labute approximate surface area is 87.9 Å². The van der Waals surface area contributed by atoms with Crippen LogP contribution in [0.2, 0.25) is 0 Å². The summed E-state index contributed by atoms with van der Waals surface area (Å²) in [5.41, 5.74) is 0. The van der Waals surface area contributed by atoms with Crippen molar-refractivity contribution in [3.8, 4) is 5.19 Å². The molecule has 1 N–H and O–H groups in total. The smallest absolute Gasteiger partial charge is 0.293 e. The molecule has 0 bridgehead atoms. The van der Waals surface area contributed by atoms with E-state index in [1.54, 1.807) is 0 Å². The first-order valence-corrected chi connectivity index (χ1v) is 5.76. The van der Waals surface area contributed by atoms with Crippen LogP contribution >= 0.6 is 11.5 Å². The van der Waals surface area contributed by atoms with Crippen LogP contribution in [0.4, 0.5) is 0 Å². The SMILES string of the molecule is Cc1nsc(OCCC2CCNC2)n1. The molecular formula is C9H15N3OS. The molecule has 1 aromatic rings. The first-order chi connectivity index (χ1) is 6.84. The molecule has 1 aliphatic rings. The highest BCUT2D eigenvalue weighted by molar-refractivity contribution is 7.07. The molecule has 0 amide bonds. The second-order valence-corrected chi connectivity index (χ2v) is 4.32. The zero-order valence-corrected chi connectivity index (χ0v) is 9.14. The van der Waals surface area contributed by atoms with Crippen LogP contribution in [-0.4, -0.2) is 29.1 Å². The molecule has 1 aromatic heterocycles. The molecule has 0 aliphatic carbocycles. The van der Waals surface area contributed by atoms with Crippen LogP contribution < -0.4 is 10.1 Å². The third kappa shape index (κ3) is 2.65. The van der Waals surface area contributed by atoms with Crippen molar-refractivity contribution in [1.82, 2.24) is 14.7 Å². The van der Waals surface area contributed by atoms with Gasteiger partial charge < -0.3 is 10.1 Å². The molecule has 78 valence electrons. The van der Waals surface area contributed by atoms with Crippen molar-refractivity contribution >= 4 is 11.5 Å². The highest BCUT2D eigenvalue weighted by Gasteiger charge is 2.14. The van der Waals surface area contributed by atoms with Gasteiger partial charge in [0.25, 0.3) is 5.19 Å². The van der Waals surface area contributed by atoms with Crippen LogP contribution in [0, 0.1) is 12.8 Å². The van der Waals surface area contributed by atoms with E-state index < -0.39 is 0 Å². The summed E-state index contributed by atoms with van der Waals surface area (Å²) in [4.78, 5) is 4.14. The Kier molecular flexibility index (Phi) is 3.31. The molecule has 1 atom stereocenters. The monoisotopic (exact) mass is 213 g/mol. The van der Waals surface area contributed by atoms with E-state index in [2.05, 4.69) is 14.7 Å². The van der Waals surface area contributed by atoms with Crippen LogP contribution in [0.3, 0.4) is 0 Å². The molecule has 14 heavy (non-hydrogen) atoms. The Morgan fingerprint density at radius 3 is 3.21 bits per heavy atom. The Hall–Kier alpha value is -0.680. The van der Waals surface area contributed by atoms with Gasteiger partial charge in [-0.1, -0.05) is 0 Å². The van der Waals surface area contributed by atoms with E-state index in [1.807, 2.05) is 6.92 Å². The van der Waals surface area contributed by atoms with Crippen molar-refractivity contribution in [2.75, 3.05) is 19.7 Å². The summed E-state index contributed by atoms with van der Waals surface area (Å²) in [5.74, 6) is 1.58. The van der Waals surface area contributed by atoms with Gasteiger partial charge in [-0.3, -0.25) is 0 Å². The molecule has 0 spiro atoms. The number of rotatable bonds is 4. The number of aryl methyl sites for hydroxylation is 1. The molecule has 0 aromatic carbocycles. The number of hydrogen-bond donors (Lipinski definition) is 1. The summed E-state index contributed by atoms with van der Waals surface area (Å²) in [5, 5.41) is 4.05. The molecule has 1 fully saturated rings. The van der Waals surface area contributed by atoms with Gasteiger partial charge in [0.2, 0.25) is 0 Å². The molecule has 0 radical (unpaired) electrons. The van der Waals surface area contributed by atoms with E-state index in [9.17, 15) is 0 Å². The lowest BCUT2D eigenvalue weighted by Crippen LogP contribution is -2.11. The van der Waals surface area contributed by atoms with Crippen LogP contribution in [0.5, 0.6) is 5.19 Å². The maximum Gasteiger partial charge on any atom is 0.293 e. The summed E-state index contributed by atoms with van der Waals surface area (Å²) in [6.45, 7) is 4.94. The van der Waals surface area contributed by atoms with Crippen molar-refractivity contribution in [3.63, 3.8) is 0 Å². The highest BCUT2D eigenvalue weighted by atomic mass is 32.1. The predicted octanol–water partition coefficient (Wildman–Crippen LogP) is 1.22. The lowest BCUT2D eigenvalue weighted by molar-refractivity contribution is 0.282. The molecule has 5 heteroatoms. The largest absolute Gasteiger partial charge is 0.469 e. The number of hydrogen-bond acceptors (Lipinski definition) is 5. The van der Waals surface area contributed by atoms with Crippen molar-refractivity contribution in [1.29, 1.82) is 0 Å². The van der Waals surface area contributed by atoms with Gasteiger partial charge in [0.05, 0.1) is 6.61 Å². The maximum atomic E-state index is 5.51. The minimum Gasteiger partial charge on any atom is -0.469 e. The van der Waals surface area contributed by atoms with Gasteiger partial charge in [-0.15, -0.1) is 0 Å². The number of nitrogens with zero attached hydrogens (tertiary/aromatic N) is 2. The van der Waals surface area contributed by atoms with Crippen LogP contribution in [0.25, 0.3) is 0 Å². The average Bonchev–Trinajstić information content (AvgIpc) is 2.77. The molecule has 1 saturated heterocycles. The van der Waals surface area contributed by atoms with Crippen molar-refractivity contribution < 1.29 is 4.74 Å². The van der Waals surface area contributed by atoms with Gasteiger partial charge in [0.15, 0.2) is 0 Å². The van der Waals surface area contributed by atoms with Crippen molar-refractivity contribution in [2.45, 2.75) is 19.8 Å². The molecule has 1 unspecified atom stereocenters. The van der Waals surface area contributed by atoms with Gasteiger partial charge in [-0.25, -0.2) is 0 Å². The number of nitrogens with one attached hydrogen (secondary N) is 1. The van der Waals surface area contributed by atoms with Gasteiger partial charge in [-0.05, 0) is 38.8 Å². The zero-order chi connectivity index (χ0) is 9.80. The number of aromatic nitrogens is 2. The minimum atomic E-state index is 0.702. The average molecular weight is 213 g/mol. The summed E-state index contributed by atoms with van der Waals surface area (Å²) < 4.78 is 9.57. The Bertz CT molecular complexity index is 283. The molecule has 0 saturated carbocycles. The van der Waals surface area contributed by atoms with E-state index in [4.69, 9.17) is 4.74 Å². The topological polar surface area (TPSA) is 47.0 Å². The van der Waals surface area contributed by atoms with Gasteiger partial charge in [-0.2, -0.15) is 9.36 Å². The second-order valence-electron chi connectivity index (χ2n) is 3.60. The van der Waals surface area contributed by atoms with Gasteiger partial charge in [0, 0.05) is 11.5 Å². The van der Waals surface area contributed by atoms with E-state index in [-0.39, 0.29) is 0 Å². The normalized spacial score (nSPS) is 21.4. The molecule has 2 heterocycles. The lowest BCUT2D eigenvalue weighted by Gasteiger charge is -2.06. The van der Waals surface area contributed by atoms with Crippen LogP contribution in [-0.2, 0) is 0 Å². The summed E-state index contributed by atoms with van der Waals surface area (Å²) >= 11 is 1.33. The Balaban J connectivity index is 1.67. The van der Waals surface area contributed by atoms with Crippen molar-refractivity contribution in [2.24, 2.45) is 5.92 Å². The second kappa shape index (κ2) is 4.70. The summed E-state index contributed by atoms with van der Waals surface area (Å²) in [7, 11) is 0.